The molecule has 1 aliphatic carbocycles. The first-order chi connectivity index (χ1) is 9.65. The first-order valence-corrected chi connectivity index (χ1v) is 7.27. The summed E-state index contributed by atoms with van der Waals surface area (Å²) in [5, 5.41) is 13.4. The van der Waals surface area contributed by atoms with Gasteiger partial charge in [0, 0.05) is 17.8 Å². The van der Waals surface area contributed by atoms with Crippen LogP contribution in [0.1, 0.15) is 41.0 Å². The van der Waals surface area contributed by atoms with Crippen LogP contribution in [-0.2, 0) is 6.54 Å². The molecular formula is C18H21NO. The molecule has 104 valence electrons. The summed E-state index contributed by atoms with van der Waals surface area (Å²) in [7, 11) is 0. The highest BCUT2D eigenvalue weighted by Crippen LogP contribution is 2.39. The fraction of sp³-hybridized carbons (Fsp3) is 0.333. The zero-order chi connectivity index (χ0) is 14.1. The lowest BCUT2D eigenvalue weighted by atomic mass is 10.1. The topological polar surface area (TPSA) is 32.3 Å². The number of anilines is 1. The molecule has 0 heterocycles. The molecule has 2 aromatic carbocycles. The normalized spacial score (nSPS) is 14.3. The number of phenolic OH excluding ortho intramolecular Hbond substituents is 1. The van der Waals surface area contributed by atoms with E-state index in [0.717, 1.165) is 29.3 Å². The minimum Gasteiger partial charge on any atom is -0.507 e. The van der Waals surface area contributed by atoms with E-state index in [4.69, 9.17) is 0 Å². The lowest BCUT2D eigenvalue weighted by Gasteiger charge is -2.12. The number of aromatic hydroxyl groups is 1. The number of hydrogen-bond acceptors (Lipinski definition) is 2. The van der Waals surface area contributed by atoms with Crippen molar-refractivity contribution >= 4 is 5.69 Å². The summed E-state index contributed by atoms with van der Waals surface area (Å²) in [5.41, 5.74) is 5.58. The number of nitrogens with one attached hydrogen (secondary N) is 1. The standard InChI is InChI=1S/C18H21NO/c1-12-3-10-17(13(2)18(12)20)19-11-14-4-6-15(7-5-14)16-8-9-16/h3-7,10,16,19-20H,8-9,11H2,1-2H3. The molecule has 2 nitrogen and oxygen atoms in total. The highest BCUT2D eigenvalue weighted by molar-refractivity contribution is 5.59. The minimum absolute atomic E-state index is 0.388. The quantitative estimate of drug-likeness (QED) is 0.855. The Labute approximate surface area is 120 Å². The predicted octanol–water partition coefficient (Wildman–Crippen LogP) is 4.50. The van der Waals surface area contributed by atoms with Crippen molar-refractivity contribution < 1.29 is 5.11 Å². The van der Waals surface area contributed by atoms with E-state index < -0.39 is 0 Å². The van der Waals surface area contributed by atoms with Crippen LogP contribution in [0.2, 0.25) is 0 Å². The lowest BCUT2D eigenvalue weighted by Crippen LogP contribution is -2.01. The molecule has 1 saturated carbocycles. The number of aryl methyl sites for hydroxylation is 1. The molecule has 1 aliphatic rings. The summed E-state index contributed by atoms with van der Waals surface area (Å²) in [4.78, 5) is 0. The Morgan fingerprint density at radius 2 is 1.75 bits per heavy atom. The van der Waals surface area contributed by atoms with E-state index in [1.165, 1.54) is 24.0 Å². The fourth-order valence-corrected chi connectivity index (χ4v) is 2.55. The second-order valence-corrected chi connectivity index (χ2v) is 5.77. The van der Waals surface area contributed by atoms with Crippen LogP contribution in [0.5, 0.6) is 5.75 Å². The van der Waals surface area contributed by atoms with Crippen molar-refractivity contribution in [3.8, 4) is 5.75 Å². The summed E-state index contributed by atoms with van der Waals surface area (Å²) in [6.45, 7) is 4.65. The van der Waals surface area contributed by atoms with Crippen LogP contribution in [-0.4, -0.2) is 5.11 Å². The van der Waals surface area contributed by atoms with E-state index in [1.54, 1.807) is 0 Å². The Balaban J connectivity index is 1.68. The van der Waals surface area contributed by atoms with Crippen molar-refractivity contribution in [2.24, 2.45) is 0 Å². The van der Waals surface area contributed by atoms with Crippen LogP contribution in [0.4, 0.5) is 5.69 Å². The average molecular weight is 267 g/mol. The summed E-state index contributed by atoms with van der Waals surface area (Å²) in [6.07, 6.45) is 2.69. The highest BCUT2D eigenvalue weighted by Gasteiger charge is 2.22. The van der Waals surface area contributed by atoms with Crippen molar-refractivity contribution in [1.29, 1.82) is 0 Å². The molecule has 0 saturated heterocycles. The maximum absolute atomic E-state index is 9.95. The monoisotopic (exact) mass is 267 g/mol. The van der Waals surface area contributed by atoms with Gasteiger partial charge < -0.3 is 10.4 Å². The summed E-state index contributed by atoms with van der Waals surface area (Å²) in [6, 6.07) is 12.9. The third-order valence-corrected chi connectivity index (χ3v) is 4.14. The van der Waals surface area contributed by atoms with Crippen molar-refractivity contribution in [3.63, 3.8) is 0 Å². The van der Waals surface area contributed by atoms with E-state index in [9.17, 15) is 5.11 Å². The van der Waals surface area contributed by atoms with Gasteiger partial charge in [0.1, 0.15) is 5.75 Å². The van der Waals surface area contributed by atoms with Crippen LogP contribution in [0.25, 0.3) is 0 Å². The smallest absolute Gasteiger partial charge is 0.123 e. The van der Waals surface area contributed by atoms with Gasteiger partial charge in [0.25, 0.3) is 0 Å². The van der Waals surface area contributed by atoms with Crippen molar-refractivity contribution in [3.05, 3.63) is 58.7 Å². The molecule has 0 aromatic heterocycles. The van der Waals surface area contributed by atoms with Gasteiger partial charge in [0.05, 0.1) is 0 Å². The summed E-state index contributed by atoms with van der Waals surface area (Å²) >= 11 is 0. The van der Waals surface area contributed by atoms with Gasteiger partial charge in [-0.15, -0.1) is 0 Å². The van der Waals surface area contributed by atoms with Crippen molar-refractivity contribution in [2.45, 2.75) is 39.2 Å². The van der Waals surface area contributed by atoms with E-state index in [1.807, 2.05) is 26.0 Å². The Hall–Kier alpha value is -1.96. The maximum Gasteiger partial charge on any atom is 0.123 e. The Morgan fingerprint density at radius 1 is 1.05 bits per heavy atom. The largest absolute Gasteiger partial charge is 0.507 e. The molecule has 3 rings (SSSR count). The Bertz CT molecular complexity index is 612. The van der Waals surface area contributed by atoms with Gasteiger partial charge in [-0.3, -0.25) is 0 Å². The molecule has 2 N–H and O–H groups in total. The fourth-order valence-electron chi connectivity index (χ4n) is 2.55. The molecular weight excluding hydrogens is 246 g/mol. The first kappa shape index (κ1) is 13.0. The van der Waals surface area contributed by atoms with Crippen molar-refractivity contribution in [1.82, 2.24) is 0 Å². The molecule has 0 bridgehead atoms. The van der Waals surface area contributed by atoms with Crippen LogP contribution in [0.15, 0.2) is 36.4 Å². The van der Waals surface area contributed by atoms with Gasteiger partial charge in [0.2, 0.25) is 0 Å². The number of phenols is 1. The Kier molecular flexibility index (Phi) is 3.39. The molecule has 0 radical (unpaired) electrons. The van der Waals surface area contributed by atoms with E-state index >= 15 is 0 Å². The van der Waals surface area contributed by atoms with E-state index in [2.05, 4.69) is 29.6 Å². The molecule has 0 aliphatic heterocycles. The first-order valence-electron chi connectivity index (χ1n) is 7.27. The molecule has 2 heteroatoms. The summed E-state index contributed by atoms with van der Waals surface area (Å²) in [5.74, 6) is 1.20. The van der Waals surface area contributed by atoms with Gasteiger partial charge >= 0.3 is 0 Å². The van der Waals surface area contributed by atoms with E-state index in [-0.39, 0.29) is 0 Å². The number of hydrogen-bond donors (Lipinski definition) is 2. The van der Waals surface area contributed by atoms with Crippen LogP contribution < -0.4 is 5.32 Å². The molecule has 2 aromatic rings. The Morgan fingerprint density at radius 3 is 2.40 bits per heavy atom. The van der Waals surface area contributed by atoms with Crippen LogP contribution >= 0.6 is 0 Å². The molecule has 0 atom stereocenters. The predicted molar refractivity (Wildman–Crippen MR) is 83.3 cm³/mol. The number of rotatable bonds is 4. The highest BCUT2D eigenvalue weighted by atomic mass is 16.3. The molecule has 20 heavy (non-hydrogen) atoms. The second-order valence-electron chi connectivity index (χ2n) is 5.77. The van der Waals surface area contributed by atoms with Gasteiger partial charge in [-0.2, -0.15) is 0 Å². The second kappa shape index (κ2) is 5.20. The molecule has 0 unspecified atom stereocenters. The van der Waals surface area contributed by atoms with Gasteiger partial charge in [0.15, 0.2) is 0 Å². The third-order valence-electron chi connectivity index (χ3n) is 4.14. The number of benzene rings is 2. The maximum atomic E-state index is 9.95. The lowest BCUT2D eigenvalue weighted by molar-refractivity contribution is 0.467. The summed E-state index contributed by atoms with van der Waals surface area (Å²) < 4.78 is 0. The zero-order valence-electron chi connectivity index (χ0n) is 12.1. The SMILES string of the molecule is Cc1ccc(NCc2ccc(C3CC3)cc2)c(C)c1O. The van der Waals surface area contributed by atoms with E-state index in [0.29, 0.717) is 5.75 Å². The van der Waals surface area contributed by atoms with Crippen LogP contribution in [0.3, 0.4) is 0 Å². The molecule has 0 spiro atoms. The average Bonchev–Trinajstić information content (AvgIpc) is 3.29. The molecule has 0 amide bonds. The zero-order valence-corrected chi connectivity index (χ0v) is 12.1. The molecule has 1 fully saturated rings. The van der Waals surface area contributed by atoms with Crippen molar-refractivity contribution in [2.75, 3.05) is 5.32 Å². The van der Waals surface area contributed by atoms with Gasteiger partial charge in [-0.05, 0) is 55.4 Å². The van der Waals surface area contributed by atoms with Gasteiger partial charge in [-0.1, -0.05) is 30.3 Å². The minimum atomic E-state index is 0.388. The van der Waals surface area contributed by atoms with Crippen LogP contribution in [0, 0.1) is 13.8 Å². The van der Waals surface area contributed by atoms with Gasteiger partial charge in [-0.25, -0.2) is 0 Å². The third kappa shape index (κ3) is 2.64.